The predicted octanol–water partition coefficient (Wildman–Crippen LogP) is 9.67. The lowest BCUT2D eigenvalue weighted by Crippen LogP contribution is -2.07. The van der Waals surface area contributed by atoms with Crippen LogP contribution in [0.2, 0.25) is 0 Å². The summed E-state index contributed by atoms with van der Waals surface area (Å²) < 4.78 is 6.78. The van der Waals surface area contributed by atoms with E-state index < -0.39 is 15.8 Å². The van der Waals surface area contributed by atoms with E-state index in [-0.39, 0.29) is 0 Å². The molecule has 0 aliphatic rings. The first-order chi connectivity index (χ1) is 17.5. The molecule has 186 valence electrons. The summed E-state index contributed by atoms with van der Waals surface area (Å²) >= 11 is 0. The molecule has 36 heavy (non-hydrogen) atoms. The van der Waals surface area contributed by atoms with Crippen molar-refractivity contribution in [3.63, 3.8) is 0 Å². The van der Waals surface area contributed by atoms with Gasteiger partial charge in [0.05, 0.1) is 0 Å². The van der Waals surface area contributed by atoms with Crippen LogP contribution in [0, 0.1) is 0 Å². The van der Waals surface area contributed by atoms with Crippen molar-refractivity contribution in [2.45, 2.75) is 27.7 Å². The molecule has 0 heterocycles. The minimum Gasteiger partial charge on any atom is -0.456 e. The fourth-order valence-electron chi connectivity index (χ4n) is 3.47. The molecule has 0 radical (unpaired) electrons. The van der Waals surface area contributed by atoms with Gasteiger partial charge in [0.15, 0.2) is 0 Å². The molecule has 0 spiro atoms. The van der Waals surface area contributed by atoms with E-state index in [0.717, 1.165) is 16.6 Å². The first kappa shape index (κ1) is 29.3. The summed E-state index contributed by atoms with van der Waals surface area (Å²) in [4.78, 5) is 0. The zero-order chi connectivity index (χ0) is 26.3. The van der Waals surface area contributed by atoms with Gasteiger partial charge in [-0.05, 0) is 78.3 Å². The third-order valence-corrected chi connectivity index (χ3v) is 9.60. The van der Waals surface area contributed by atoms with Crippen molar-refractivity contribution in [1.29, 1.82) is 0 Å². The molecular formula is C33H38OP2. The minimum atomic E-state index is -0.907. The molecule has 0 bridgehead atoms. The highest BCUT2D eigenvalue weighted by Crippen LogP contribution is 2.55. The third-order valence-electron chi connectivity index (χ3n) is 5.15. The number of allylic oxidation sites excluding steroid dienone is 12. The summed E-state index contributed by atoms with van der Waals surface area (Å²) in [6.45, 7) is 18.7. The molecule has 3 heteroatoms. The third kappa shape index (κ3) is 8.60. The molecule has 2 unspecified atom stereocenters. The first-order valence-electron chi connectivity index (χ1n) is 12.1. The van der Waals surface area contributed by atoms with Gasteiger partial charge in [0.2, 0.25) is 0 Å². The Morgan fingerprint density at radius 1 is 0.778 bits per heavy atom. The van der Waals surface area contributed by atoms with Gasteiger partial charge in [-0.2, -0.15) is 0 Å². The molecule has 0 amide bonds. The summed E-state index contributed by atoms with van der Waals surface area (Å²) in [6.07, 6.45) is 18.5. The highest BCUT2D eigenvalue weighted by molar-refractivity contribution is 7.74. The standard InChI is InChI=1S/C33H38OP2/c1-8-18-29(19-9-2)36(30-23-16-13-17-24-30)32(20-10-3)31(11-4)34-33(26-25-27(5)6)35(7)28-21-14-12-15-22-28/h8-26H,1,4H2,2-3,5-7H3/b19-9-,20-10-,29-18+,32-31-,33-26-. The molecule has 0 N–H and O–H groups in total. The quantitative estimate of drug-likeness (QED) is 0.156. The zero-order valence-electron chi connectivity index (χ0n) is 22.2. The van der Waals surface area contributed by atoms with Crippen molar-refractivity contribution in [2.24, 2.45) is 0 Å². The van der Waals surface area contributed by atoms with E-state index >= 15 is 0 Å². The molecule has 0 aromatic heterocycles. The van der Waals surface area contributed by atoms with Crippen LogP contribution in [0.1, 0.15) is 27.7 Å². The molecule has 2 aromatic rings. The number of rotatable bonds is 12. The number of hydrogen-bond donors (Lipinski definition) is 0. The average molecular weight is 513 g/mol. The Kier molecular flexibility index (Phi) is 12.9. The maximum atomic E-state index is 6.78. The van der Waals surface area contributed by atoms with Gasteiger partial charge >= 0.3 is 0 Å². The monoisotopic (exact) mass is 512 g/mol. The highest BCUT2D eigenvalue weighted by atomic mass is 31.1. The van der Waals surface area contributed by atoms with Crippen molar-refractivity contribution in [2.75, 3.05) is 6.66 Å². The molecule has 0 saturated heterocycles. The van der Waals surface area contributed by atoms with Crippen molar-refractivity contribution in [3.05, 3.63) is 156 Å². The second kappa shape index (κ2) is 15.9. The van der Waals surface area contributed by atoms with Crippen LogP contribution in [0.5, 0.6) is 0 Å². The summed E-state index contributed by atoms with van der Waals surface area (Å²) in [7, 11) is -1.60. The van der Waals surface area contributed by atoms with Gasteiger partial charge < -0.3 is 4.74 Å². The van der Waals surface area contributed by atoms with Crippen molar-refractivity contribution in [3.8, 4) is 0 Å². The lowest BCUT2D eigenvalue weighted by atomic mass is 10.3. The van der Waals surface area contributed by atoms with Crippen LogP contribution in [-0.4, -0.2) is 6.66 Å². The highest BCUT2D eigenvalue weighted by Gasteiger charge is 2.23. The van der Waals surface area contributed by atoms with Gasteiger partial charge in [-0.1, -0.05) is 122 Å². The van der Waals surface area contributed by atoms with E-state index in [1.807, 2.05) is 32.1 Å². The van der Waals surface area contributed by atoms with E-state index in [9.17, 15) is 0 Å². The second-order valence-corrected chi connectivity index (χ2v) is 12.5. The lowest BCUT2D eigenvalue weighted by molar-refractivity contribution is 0.351. The van der Waals surface area contributed by atoms with Crippen molar-refractivity contribution in [1.82, 2.24) is 0 Å². The Morgan fingerprint density at radius 2 is 1.36 bits per heavy atom. The fraction of sp³-hybridized carbons (Fsp3) is 0.152. The molecule has 2 aromatic carbocycles. The maximum absolute atomic E-state index is 6.78. The van der Waals surface area contributed by atoms with E-state index in [2.05, 4.69) is 131 Å². The summed E-state index contributed by atoms with van der Waals surface area (Å²) in [5.41, 5.74) is 2.17. The summed E-state index contributed by atoms with van der Waals surface area (Å²) in [5.74, 6) is 0.779. The summed E-state index contributed by atoms with van der Waals surface area (Å²) in [5, 5.41) is 4.82. The number of hydrogen-bond acceptors (Lipinski definition) is 1. The van der Waals surface area contributed by atoms with Crippen LogP contribution in [-0.2, 0) is 4.74 Å². The largest absolute Gasteiger partial charge is 0.456 e. The smallest absolute Gasteiger partial charge is 0.135 e. The predicted molar refractivity (Wildman–Crippen MR) is 166 cm³/mol. The SMILES string of the molecule is C=C/C=C(\C=C/C)P(C(/C=C\C)=C(/C=C)O/C(=C/C=C(C)C)P(C)c1ccccc1)c1ccccc1. The van der Waals surface area contributed by atoms with E-state index in [4.69, 9.17) is 4.74 Å². The number of benzene rings is 2. The molecule has 2 rings (SSSR count). The topological polar surface area (TPSA) is 9.23 Å². The Balaban J connectivity index is 2.77. The van der Waals surface area contributed by atoms with Gasteiger partial charge in [0, 0.05) is 5.31 Å². The molecular weight excluding hydrogens is 474 g/mol. The van der Waals surface area contributed by atoms with Crippen LogP contribution >= 0.6 is 15.8 Å². The second-order valence-electron chi connectivity index (χ2n) is 8.20. The van der Waals surface area contributed by atoms with E-state index in [1.54, 1.807) is 0 Å². The fourth-order valence-corrected chi connectivity index (χ4v) is 7.41. The van der Waals surface area contributed by atoms with Crippen LogP contribution in [0.4, 0.5) is 0 Å². The van der Waals surface area contributed by atoms with Gasteiger partial charge in [-0.15, -0.1) is 0 Å². The Bertz CT molecular complexity index is 1170. The van der Waals surface area contributed by atoms with Crippen molar-refractivity contribution >= 4 is 26.5 Å². The van der Waals surface area contributed by atoms with Crippen LogP contribution in [0.15, 0.2) is 156 Å². The van der Waals surface area contributed by atoms with Gasteiger partial charge in [0.1, 0.15) is 11.3 Å². The molecule has 0 fully saturated rings. The Labute approximate surface area is 221 Å². The number of ether oxygens (including phenoxy) is 1. The summed E-state index contributed by atoms with van der Waals surface area (Å²) in [6, 6.07) is 21.2. The molecule has 0 saturated carbocycles. The average Bonchev–Trinajstić information content (AvgIpc) is 2.89. The van der Waals surface area contributed by atoms with Crippen LogP contribution in [0.25, 0.3) is 0 Å². The molecule has 0 aliphatic heterocycles. The zero-order valence-corrected chi connectivity index (χ0v) is 24.0. The van der Waals surface area contributed by atoms with Crippen LogP contribution in [0.3, 0.4) is 0 Å². The maximum Gasteiger partial charge on any atom is 0.135 e. The molecule has 1 nitrogen and oxygen atoms in total. The van der Waals surface area contributed by atoms with E-state index in [1.165, 1.54) is 21.5 Å². The van der Waals surface area contributed by atoms with Crippen molar-refractivity contribution < 1.29 is 4.74 Å². The van der Waals surface area contributed by atoms with Gasteiger partial charge in [0.25, 0.3) is 0 Å². The lowest BCUT2D eigenvalue weighted by Gasteiger charge is -2.25. The van der Waals surface area contributed by atoms with E-state index in [0.29, 0.717) is 0 Å². The van der Waals surface area contributed by atoms with Crippen LogP contribution < -0.4 is 10.6 Å². The Hall–Kier alpha value is -2.98. The van der Waals surface area contributed by atoms with Gasteiger partial charge in [-0.25, -0.2) is 0 Å². The Morgan fingerprint density at radius 3 is 1.86 bits per heavy atom. The molecule has 2 atom stereocenters. The minimum absolute atomic E-state index is 0.694. The normalized spacial score (nSPS) is 14.8. The molecule has 0 aliphatic carbocycles. The van der Waals surface area contributed by atoms with Gasteiger partial charge in [-0.3, -0.25) is 0 Å². The first-order valence-corrected chi connectivity index (χ1v) is 15.2.